The Morgan fingerprint density at radius 1 is 0.811 bits per heavy atom. The van der Waals surface area contributed by atoms with Gasteiger partial charge >= 0.3 is 36.2 Å². The molecule has 19 nitrogen and oxygen atoms in total. The number of carboxylic acid groups (broad SMARTS) is 4. The third-order valence-corrected chi connectivity index (χ3v) is 10.5. The Labute approximate surface area is 429 Å². The zero-order chi connectivity index (χ0) is 57.1. The quantitative estimate of drug-likeness (QED) is 0.0371. The first kappa shape index (κ1) is 67.5. The van der Waals surface area contributed by atoms with E-state index in [4.69, 9.17) is 41.5 Å². The number of benzene rings is 2. The van der Waals surface area contributed by atoms with Gasteiger partial charge in [0.15, 0.2) is 0 Å². The van der Waals surface area contributed by atoms with Gasteiger partial charge in [-0.05, 0) is 55.1 Å². The van der Waals surface area contributed by atoms with Crippen LogP contribution in [0.5, 0.6) is 0 Å². The lowest BCUT2D eigenvalue weighted by Gasteiger charge is -2.41. The van der Waals surface area contributed by atoms with Crippen LogP contribution in [0.4, 0.5) is 35.1 Å². The summed E-state index contributed by atoms with van der Waals surface area (Å²) in [4.78, 5) is 90.1. The average Bonchev–Trinajstić information content (AvgIpc) is 3.69. The molecule has 3 aromatic rings. The minimum absolute atomic E-state index is 0.0938. The molecule has 414 valence electrons. The van der Waals surface area contributed by atoms with E-state index in [-0.39, 0.29) is 49.2 Å². The number of halogens is 8. The molecule has 0 radical (unpaired) electrons. The molecule has 74 heavy (non-hydrogen) atoms. The van der Waals surface area contributed by atoms with Gasteiger partial charge in [-0.1, -0.05) is 51.1 Å². The standard InChI is InChI=1S/C38H50F2N6O6S2.C3H7NO2.2C2HF3O2/c1-38(2,3)36(30-18-26(28-19-27(39)10-11-29(28)40)23-45(30)22-25-8-5-4-6-9-25)46(16-7-13-41)34(49)24-54-17-12-32(47)42-14-15-43-33(48)21-44-37(52)31(53)20-35(50)51;1-2(4)3(5)6;2*3-2(4,5)1(6)7/h4-6,8-11,18-19,23,31,36,53H,7,12-17,20-22,24,41H2,1-3H3,(H,42,47)(H,43,48)(H,44,52)(H,50,51);2H,4H2,1H3,(H,5,6);2*(H,6,7)/t31?,36-;2-;;/m00../s1. The number of carbonyl (C=O) groups excluding carboxylic acids is 4. The van der Waals surface area contributed by atoms with Gasteiger partial charge in [0.05, 0.1) is 30.0 Å². The van der Waals surface area contributed by atoms with Gasteiger partial charge < -0.3 is 57.3 Å². The second-order valence-electron chi connectivity index (χ2n) is 16.5. The van der Waals surface area contributed by atoms with Gasteiger partial charge in [0.2, 0.25) is 23.6 Å². The number of nitrogens with two attached hydrogens (primary N) is 2. The van der Waals surface area contributed by atoms with Gasteiger partial charge in [-0.2, -0.15) is 50.7 Å². The third-order valence-electron chi connectivity index (χ3n) is 9.14. The first-order chi connectivity index (χ1) is 34.1. The van der Waals surface area contributed by atoms with Gasteiger partial charge in [0.1, 0.15) is 17.7 Å². The summed E-state index contributed by atoms with van der Waals surface area (Å²) in [5.74, 6) is -9.95. The Hall–Kier alpha value is -6.46. The Morgan fingerprint density at radius 3 is 1.81 bits per heavy atom. The third kappa shape index (κ3) is 27.6. The Morgan fingerprint density at radius 2 is 1.34 bits per heavy atom. The van der Waals surface area contributed by atoms with E-state index in [2.05, 4.69) is 28.6 Å². The molecule has 0 aliphatic rings. The van der Waals surface area contributed by atoms with Gasteiger partial charge in [-0.15, -0.1) is 0 Å². The normalized spacial score (nSPS) is 12.3. The van der Waals surface area contributed by atoms with Gasteiger partial charge in [-0.25, -0.2) is 18.4 Å². The Balaban J connectivity index is 0.00000223. The molecular weight excluding hydrogens is 1050 g/mol. The van der Waals surface area contributed by atoms with E-state index in [0.29, 0.717) is 37.4 Å². The number of alkyl halides is 6. The fraction of sp³-hybridized carbons (Fsp3) is 0.467. The van der Waals surface area contributed by atoms with E-state index >= 15 is 4.39 Å². The number of aromatic nitrogens is 1. The van der Waals surface area contributed by atoms with Crippen molar-refractivity contribution in [1.82, 2.24) is 25.4 Å². The smallest absolute Gasteiger partial charge is 0.481 e. The molecule has 3 atom stereocenters. The Bertz CT molecular complexity index is 2290. The summed E-state index contributed by atoms with van der Waals surface area (Å²) >= 11 is 5.21. The van der Waals surface area contributed by atoms with Crippen molar-refractivity contribution in [2.45, 2.75) is 83.2 Å². The molecule has 0 spiro atoms. The Kier molecular flexibility index (Phi) is 29.8. The number of thiol groups is 1. The first-order valence-electron chi connectivity index (χ1n) is 21.7. The van der Waals surface area contributed by atoms with Crippen LogP contribution in [0.1, 0.15) is 64.3 Å². The maximum absolute atomic E-state index is 15.0. The van der Waals surface area contributed by atoms with Crippen LogP contribution in [0.15, 0.2) is 60.8 Å². The summed E-state index contributed by atoms with van der Waals surface area (Å²) in [6.07, 6.45) is -8.18. The lowest BCUT2D eigenvalue weighted by Crippen LogP contribution is -2.44. The van der Waals surface area contributed by atoms with Crippen molar-refractivity contribution >= 4 is 71.9 Å². The van der Waals surface area contributed by atoms with Crippen molar-refractivity contribution in [2.75, 3.05) is 44.2 Å². The van der Waals surface area contributed by atoms with E-state index in [9.17, 15) is 59.5 Å². The molecule has 2 aromatic carbocycles. The number of hydrogen-bond acceptors (Lipinski definition) is 12. The summed E-state index contributed by atoms with van der Waals surface area (Å²) in [5, 5.41) is 37.3. The summed E-state index contributed by atoms with van der Waals surface area (Å²) in [6.45, 7) is 8.54. The van der Waals surface area contributed by atoms with Crippen LogP contribution in [-0.2, 0) is 44.9 Å². The number of aliphatic carboxylic acids is 4. The van der Waals surface area contributed by atoms with Crippen molar-refractivity contribution in [3.05, 3.63) is 83.7 Å². The zero-order valence-corrected chi connectivity index (χ0v) is 42.0. The highest BCUT2D eigenvalue weighted by Crippen LogP contribution is 2.41. The fourth-order valence-corrected chi connectivity index (χ4v) is 6.84. The van der Waals surface area contributed by atoms with Crippen LogP contribution in [-0.4, -0.2) is 145 Å². The predicted octanol–water partition coefficient (Wildman–Crippen LogP) is 4.68. The van der Waals surface area contributed by atoms with Crippen LogP contribution >= 0.6 is 24.4 Å². The first-order valence-corrected chi connectivity index (χ1v) is 23.4. The molecular formula is C45H59F8N7O12S2. The number of nitrogens with zero attached hydrogens (tertiary/aromatic N) is 2. The molecule has 0 aliphatic carbocycles. The molecule has 11 N–H and O–H groups in total. The van der Waals surface area contributed by atoms with Crippen molar-refractivity contribution < 1.29 is 93.9 Å². The van der Waals surface area contributed by atoms with Gasteiger partial charge in [0, 0.05) is 61.4 Å². The SMILES string of the molecule is CC(C)(C)[C@H](c1cc(-c2cc(F)ccc2F)cn1Cc1ccccc1)N(CCCN)C(=O)CSCCC(=O)NCCNC(=O)CNC(=O)C(S)CC(=O)O.C[C@H](N)C(=O)O.O=C(O)C(F)(F)F.O=C(O)C(F)(F)F. The fourth-order valence-electron chi connectivity index (χ4n) is 5.78. The van der Waals surface area contributed by atoms with Crippen molar-refractivity contribution in [2.24, 2.45) is 16.9 Å². The largest absolute Gasteiger partial charge is 0.490 e. The molecule has 29 heteroatoms. The summed E-state index contributed by atoms with van der Waals surface area (Å²) < 4.78 is 94.8. The second kappa shape index (κ2) is 32.7. The number of carboxylic acids is 4. The predicted molar refractivity (Wildman–Crippen MR) is 258 cm³/mol. The van der Waals surface area contributed by atoms with Crippen molar-refractivity contribution in [1.29, 1.82) is 0 Å². The highest BCUT2D eigenvalue weighted by molar-refractivity contribution is 7.99. The monoisotopic (exact) mass is 1110 g/mol. The van der Waals surface area contributed by atoms with Crippen molar-refractivity contribution in [3.8, 4) is 11.1 Å². The van der Waals surface area contributed by atoms with Crippen LogP contribution < -0.4 is 27.4 Å². The molecule has 1 heterocycles. The minimum atomic E-state index is -5.08. The highest BCUT2D eigenvalue weighted by Gasteiger charge is 2.39. The van der Waals surface area contributed by atoms with E-state index < -0.39 is 88.8 Å². The number of hydrogen-bond donors (Lipinski definition) is 10. The van der Waals surface area contributed by atoms with E-state index in [1.54, 1.807) is 11.1 Å². The number of nitrogens with one attached hydrogen (secondary N) is 3. The van der Waals surface area contributed by atoms with Crippen LogP contribution in [0.25, 0.3) is 11.1 Å². The lowest BCUT2D eigenvalue weighted by atomic mass is 9.83. The summed E-state index contributed by atoms with van der Waals surface area (Å²) in [7, 11) is 0. The maximum atomic E-state index is 15.0. The molecule has 0 bridgehead atoms. The van der Waals surface area contributed by atoms with Crippen LogP contribution in [0.2, 0.25) is 0 Å². The van der Waals surface area contributed by atoms with E-state index in [1.165, 1.54) is 24.8 Å². The molecule has 3 rings (SSSR count). The summed E-state index contributed by atoms with van der Waals surface area (Å²) in [6, 6.07) is 13.7. The number of thioether (sulfide) groups is 1. The average molecular weight is 1110 g/mol. The van der Waals surface area contributed by atoms with Gasteiger partial charge in [0.25, 0.3) is 0 Å². The second-order valence-corrected chi connectivity index (χ2v) is 18.2. The molecule has 1 aromatic heterocycles. The topological polar surface area (TPSA) is 314 Å². The summed E-state index contributed by atoms with van der Waals surface area (Å²) in [5.41, 5.74) is 12.6. The molecule has 1 unspecified atom stereocenters. The van der Waals surface area contributed by atoms with Crippen LogP contribution in [0.3, 0.4) is 0 Å². The van der Waals surface area contributed by atoms with Gasteiger partial charge in [-0.3, -0.25) is 28.8 Å². The van der Waals surface area contributed by atoms with Crippen LogP contribution in [0, 0.1) is 17.0 Å². The van der Waals surface area contributed by atoms with Crippen molar-refractivity contribution in [3.63, 3.8) is 0 Å². The number of amides is 4. The molecule has 0 saturated carbocycles. The van der Waals surface area contributed by atoms with E-state index in [0.717, 1.165) is 23.4 Å². The lowest BCUT2D eigenvalue weighted by molar-refractivity contribution is -0.193. The number of rotatable bonds is 22. The zero-order valence-electron chi connectivity index (χ0n) is 40.3. The molecule has 4 amide bonds. The maximum Gasteiger partial charge on any atom is 0.490 e. The minimum Gasteiger partial charge on any atom is -0.481 e. The number of carbonyl (C=O) groups is 8. The molecule has 0 saturated heterocycles. The highest BCUT2D eigenvalue weighted by atomic mass is 32.2. The molecule has 0 aliphatic heterocycles. The molecule has 0 fully saturated rings. The van der Waals surface area contributed by atoms with E-state index in [1.807, 2.05) is 61.7 Å².